The van der Waals surface area contributed by atoms with E-state index >= 15 is 0 Å². The molecular weight excluding hydrogens is 416 g/mol. The lowest BCUT2D eigenvalue weighted by Gasteiger charge is -2.33. The molecule has 0 radical (unpaired) electrons. The monoisotopic (exact) mass is 442 g/mol. The lowest BCUT2D eigenvalue weighted by molar-refractivity contribution is -0.384. The Kier molecular flexibility index (Phi) is 5.94. The van der Waals surface area contributed by atoms with Gasteiger partial charge >= 0.3 is 0 Å². The fraction of sp³-hybridized carbons (Fsp3) is 0.185. The van der Waals surface area contributed by atoms with Crippen molar-refractivity contribution in [1.82, 2.24) is 0 Å². The molecule has 4 rings (SSSR count). The molecule has 3 aromatic carbocycles. The SMILES string of the molecule is C=C(/C=C1\Sc2ccccc2N1C)C(C)(Cc1ccc([N+](=O)[O-])cc1)c1ccccc1C. The maximum atomic E-state index is 11.1. The van der Waals surface area contributed by atoms with Crippen LogP contribution in [0.5, 0.6) is 0 Å². The van der Waals surface area contributed by atoms with Gasteiger partial charge in [-0.25, -0.2) is 0 Å². The molecule has 1 aliphatic rings. The van der Waals surface area contributed by atoms with Crippen LogP contribution in [0.2, 0.25) is 0 Å². The van der Waals surface area contributed by atoms with Crippen LogP contribution in [-0.4, -0.2) is 12.0 Å². The molecule has 0 saturated heterocycles. The Bertz CT molecular complexity index is 1220. The number of thioether (sulfide) groups is 1. The van der Waals surface area contributed by atoms with Crippen LogP contribution in [0, 0.1) is 17.0 Å². The van der Waals surface area contributed by atoms with Crippen LogP contribution in [0.25, 0.3) is 0 Å². The molecule has 32 heavy (non-hydrogen) atoms. The molecule has 0 bridgehead atoms. The van der Waals surface area contributed by atoms with Gasteiger partial charge in [0.1, 0.15) is 0 Å². The number of rotatable bonds is 6. The van der Waals surface area contributed by atoms with Gasteiger partial charge in [0.15, 0.2) is 0 Å². The number of anilines is 1. The number of nitro groups is 1. The number of nitro benzene ring substituents is 1. The van der Waals surface area contributed by atoms with Gasteiger partial charge in [-0.2, -0.15) is 0 Å². The minimum absolute atomic E-state index is 0.106. The number of para-hydroxylation sites is 1. The number of aryl methyl sites for hydroxylation is 1. The summed E-state index contributed by atoms with van der Waals surface area (Å²) in [5, 5.41) is 12.2. The topological polar surface area (TPSA) is 46.4 Å². The first-order valence-electron chi connectivity index (χ1n) is 10.5. The number of fused-ring (bicyclic) bond motifs is 1. The van der Waals surface area contributed by atoms with E-state index in [9.17, 15) is 10.1 Å². The molecule has 0 fully saturated rings. The van der Waals surface area contributed by atoms with E-state index in [0.717, 1.165) is 16.2 Å². The Morgan fingerprint density at radius 1 is 1.09 bits per heavy atom. The highest BCUT2D eigenvalue weighted by Crippen LogP contribution is 2.47. The molecule has 0 N–H and O–H groups in total. The second-order valence-electron chi connectivity index (χ2n) is 8.38. The van der Waals surface area contributed by atoms with Crippen molar-refractivity contribution < 1.29 is 4.92 Å². The van der Waals surface area contributed by atoms with Gasteiger partial charge in [-0.05, 0) is 53.8 Å². The molecular formula is C27H26N2O2S. The summed E-state index contributed by atoms with van der Waals surface area (Å²) >= 11 is 1.75. The largest absolute Gasteiger partial charge is 0.338 e. The summed E-state index contributed by atoms with van der Waals surface area (Å²) in [7, 11) is 2.08. The van der Waals surface area contributed by atoms with Crippen LogP contribution in [0.3, 0.4) is 0 Å². The van der Waals surface area contributed by atoms with E-state index in [4.69, 9.17) is 0 Å². The van der Waals surface area contributed by atoms with E-state index in [-0.39, 0.29) is 16.0 Å². The van der Waals surface area contributed by atoms with Crippen molar-refractivity contribution in [2.45, 2.75) is 30.6 Å². The van der Waals surface area contributed by atoms with Crippen molar-refractivity contribution in [3.63, 3.8) is 0 Å². The van der Waals surface area contributed by atoms with Crippen molar-refractivity contribution >= 4 is 23.1 Å². The van der Waals surface area contributed by atoms with Crippen LogP contribution >= 0.6 is 11.8 Å². The van der Waals surface area contributed by atoms with Crippen molar-refractivity contribution in [1.29, 1.82) is 0 Å². The van der Waals surface area contributed by atoms with Crippen molar-refractivity contribution in [3.8, 4) is 0 Å². The fourth-order valence-corrected chi connectivity index (χ4v) is 5.39. The molecule has 0 amide bonds. The molecule has 1 atom stereocenters. The zero-order chi connectivity index (χ0) is 22.9. The summed E-state index contributed by atoms with van der Waals surface area (Å²) < 4.78 is 0. The average Bonchev–Trinajstić information content (AvgIpc) is 3.09. The Balaban J connectivity index is 1.72. The highest BCUT2D eigenvalue weighted by Gasteiger charge is 2.32. The highest BCUT2D eigenvalue weighted by molar-refractivity contribution is 8.03. The highest BCUT2D eigenvalue weighted by atomic mass is 32.2. The second-order valence-corrected chi connectivity index (χ2v) is 9.45. The third-order valence-corrected chi connectivity index (χ3v) is 7.39. The maximum absolute atomic E-state index is 11.1. The smallest absolute Gasteiger partial charge is 0.269 e. The Morgan fingerprint density at radius 3 is 2.41 bits per heavy atom. The first-order chi connectivity index (χ1) is 15.3. The van der Waals surface area contributed by atoms with Gasteiger partial charge in [-0.3, -0.25) is 10.1 Å². The third-order valence-electron chi connectivity index (χ3n) is 6.22. The first-order valence-corrected chi connectivity index (χ1v) is 11.3. The molecule has 5 heteroatoms. The van der Waals surface area contributed by atoms with Crippen LogP contribution in [-0.2, 0) is 11.8 Å². The zero-order valence-corrected chi connectivity index (χ0v) is 19.4. The Hall–Kier alpha value is -3.31. The number of hydrogen-bond donors (Lipinski definition) is 0. The van der Waals surface area contributed by atoms with E-state index in [0.29, 0.717) is 6.42 Å². The average molecular weight is 443 g/mol. The molecule has 0 spiro atoms. The summed E-state index contributed by atoms with van der Waals surface area (Å²) in [6, 6.07) is 23.6. The van der Waals surface area contributed by atoms with Crippen LogP contribution in [0.1, 0.15) is 23.6 Å². The van der Waals surface area contributed by atoms with E-state index < -0.39 is 0 Å². The summed E-state index contributed by atoms with van der Waals surface area (Å²) in [6.07, 6.45) is 2.88. The lowest BCUT2D eigenvalue weighted by atomic mass is 9.70. The van der Waals surface area contributed by atoms with Crippen molar-refractivity contribution in [2.24, 2.45) is 0 Å². The Labute approximate surface area is 193 Å². The van der Waals surface area contributed by atoms with Gasteiger partial charge in [0, 0.05) is 29.5 Å². The number of benzene rings is 3. The second kappa shape index (κ2) is 8.67. The van der Waals surface area contributed by atoms with Crippen LogP contribution in [0.4, 0.5) is 11.4 Å². The zero-order valence-electron chi connectivity index (χ0n) is 18.5. The molecule has 162 valence electrons. The van der Waals surface area contributed by atoms with Crippen LogP contribution in [0.15, 0.2) is 101 Å². The molecule has 1 heterocycles. The summed E-state index contributed by atoms with van der Waals surface area (Å²) in [6.45, 7) is 8.85. The molecule has 1 unspecified atom stereocenters. The third kappa shape index (κ3) is 4.08. The predicted molar refractivity (Wildman–Crippen MR) is 133 cm³/mol. The van der Waals surface area contributed by atoms with Gasteiger partial charge in [-0.1, -0.05) is 73.8 Å². The molecule has 4 nitrogen and oxygen atoms in total. The first kappa shape index (κ1) is 21.9. The quantitative estimate of drug-likeness (QED) is 0.303. The molecule has 0 saturated carbocycles. The lowest BCUT2D eigenvalue weighted by Crippen LogP contribution is -2.28. The number of hydrogen-bond acceptors (Lipinski definition) is 4. The Morgan fingerprint density at radius 2 is 1.75 bits per heavy atom. The molecule has 1 aliphatic heterocycles. The van der Waals surface area contributed by atoms with Crippen molar-refractivity contribution in [2.75, 3.05) is 11.9 Å². The maximum Gasteiger partial charge on any atom is 0.269 e. The minimum Gasteiger partial charge on any atom is -0.338 e. The standard InChI is InChI=1S/C27H26N2O2S/c1-19-9-5-6-10-23(19)27(3,18-21-13-15-22(16-14-21)29(30)31)20(2)17-26-28(4)24-11-7-8-12-25(24)32-26/h5-17H,2,18H2,1,3-4H3/b26-17-. The number of non-ortho nitro benzene ring substituents is 1. The summed E-state index contributed by atoms with van der Waals surface area (Å²) in [5.74, 6) is 0. The van der Waals surface area contributed by atoms with E-state index in [2.05, 4.69) is 80.9 Å². The normalized spacial score (nSPS) is 16.0. The number of allylic oxidation sites excluding steroid dienone is 2. The number of nitrogens with zero attached hydrogens (tertiary/aromatic N) is 2. The van der Waals surface area contributed by atoms with Gasteiger partial charge in [0.05, 0.1) is 15.6 Å². The summed E-state index contributed by atoms with van der Waals surface area (Å²) in [5.41, 5.74) is 5.39. The summed E-state index contributed by atoms with van der Waals surface area (Å²) in [4.78, 5) is 14.1. The molecule has 3 aromatic rings. The van der Waals surface area contributed by atoms with Gasteiger partial charge < -0.3 is 4.90 Å². The fourth-order valence-electron chi connectivity index (χ4n) is 4.27. The van der Waals surface area contributed by atoms with Gasteiger partial charge in [-0.15, -0.1) is 0 Å². The van der Waals surface area contributed by atoms with Gasteiger partial charge in [0.2, 0.25) is 0 Å². The van der Waals surface area contributed by atoms with E-state index in [1.165, 1.54) is 21.7 Å². The molecule has 0 aliphatic carbocycles. The van der Waals surface area contributed by atoms with E-state index in [1.807, 2.05) is 18.2 Å². The van der Waals surface area contributed by atoms with Crippen molar-refractivity contribution in [3.05, 3.63) is 123 Å². The molecule has 0 aromatic heterocycles. The van der Waals surface area contributed by atoms with Gasteiger partial charge in [0.25, 0.3) is 5.69 Å². The van der Waals surface area contributed by atoms with E-state index in [1.54, 1.807) is 23.9 Å². The van der Waals surface area contributed by atoms with Crippen LogP contribution < -0.4 is 4.90 Å². The predicted octanol–water partition coefficient (Wildman–Crippen LogP) is 7.04. The minimum atomic E-state index is -0.370.